The Morgan fingerprint density at radius 3 is 2.54 bits per heavy atom. The van der Waals surface area contributed by atoms with Gasteiger partial charge in [-0.3, -0.25) is 14.2 Å². The Morgan fingerprint density at radius 1 is 1.21 bits per heavy atom. The second-order valence-corrected chi connectivity index (χ2v) is 6.46. The number of benzene rings is 1. The molecular formula is C17H14ClF4N5O. The van der Waals surface area contributed by atoms with Crippen molar-refractivity contribution in [1.82, 2.24) is 19.6 Å². The topological polar surface area (TPSA) is 64.7 Å². The smallest absolute Gasteiger partial charge is 0.304 e. The van der Waals surface area contributed by atoms with E-state index in [4.69, 9.17) is 11.6 Å². The molecular weight excluding hydrogens is 402 g/mol. The molecule has 2 heterocycles. The van der Waals surface area contributed by atoms with Crippen molar-refractivity contribution in [1.29, 1.82) is 0 Å². The molecule has 0 radical (unpaired) electrons. The van der Waals surface area contributed by atoms with E-state index in [0.717, 1.165) is 4.68 Å². The summed E-state index contributed by atoms with van der Waals surface area (Å²) in [5, 5.41) is 10.2. The van der Waals surface area contributed by atoms with Crippen LogP contribution in [0.3, 0.4) is 0 Å². The van der Waals surface area contributed by atoms with E-state index in [1.165, 1.54) is 29.9 Å². The number of hydrogen-bond donors (Lipinski definition) is 1. The first-order chi connectivity index (χ1) is 13.0. The second-order valence-electron chi connectivity index (χ2n) is 6.05. The van der Waals surface area contributed by atoms with Gasteiger partial charge in [-0.05, 0) is 24.6 Å². The quantitative estimate of drug-likeness (QED) is 0.654. The van der Waals surface area contributed by atoms with Crippen LogP contribution in [0.5, 0.6) is 0 Å². The van der Waals surface area contributed by atoms with E-state index in [9.17, 15) is 22.4 Å². The lowest BCUT2D eigenvalue weighted by Gasteiger charge is -2.07. The number of anilines is 1. The molecule has 0 saturated heterocycles. The van der Waals surface area contributed by atoms with Gasteiger partial charge in [0.15, 0.2) is 11.5 Å². The number of alkyl halides is 3. The predicted molar refractivity (Wildman–Crippen MR) is 93.6 cm³/mol. The van der Waals surface area contributed by atoms with Crippen LogP contribution in [0.15, 0.2) is 30.3 Å². The fraction of sp³-hybridized carbons (Fsp3) is 0.235. The zero-order valence-electron chi connectivity index (χ0n) is 14.7. The van der Waals surface area contributed by atoms with Gasteiger partial charge in [-0.1, -0.05) is 17.7 Å². The van der Waals surface area contributed by atoms with Crippen molar-refractivity contribution in [2.24, 2.45) is 7.05 Å². The Bertz CT molecular complexity index is 1040. The molecule has 148 valence electrons. The summed E-state index contributed by atoms with van der Waals surface area (Å²) >= 11 is 6.01. The van der Waals surface area contributed by atoms with Gasteiger partial charge in [0.1, 0.15) is 11.5 Å². The Balaban J connectivity index is 1.78. The van der Waals surface area contributed by atoms with E-state index in [1.807, 2.05) is 0 Å². The average Bonchev–Trinajstić information content (AvgIpc) is 3.13. The summed E-state index contributed by atoms with van der Waals surface area (Å²) in [6.45, 7) is 1.96. The third-order valence-electron chi connectivity index (χ3n) is 3.96. The zero-order valence-corrected chi connectivity index (χ0v) is 15.4. The van der Waals surface area contributed by atoms with Gasteiger partial charge in [0.25, 0.3) is 5.91 Å². The average molecular weight is 416 g/mol. The first kappa shape index (κ1) is 19.9. The zero-order chi connectivity index (χ0) is 20.6. The van der Waals surface area contributed by atoms with Gasteiger partial charge in [-0.2, -0.15) is 23.4 Å². The molecule has 28 heavy (non-hydrogen) atoms. The van der Waals surface area contributed by atoms with Gasteiger partial charge in [0.2, 0.25) is 0 Å². The summed E-state index contributed by atoms with van der Waals surface area (Å²) in [5.74, 6) is -1.10. The van der Waals surface area contributed by atoms with Crippen molar-refractivity contribution < 1.29 is 22.4 Å². The van der Waals surface area contributed by atoms with E-state index < -0.39 is 23.6 Å². The van der Waals surface area contributed by atoms with Crippen LogP contribution in [0, 0.1) is 12.7 Å². The van der Waals surface area contributed by atoms with Crippen LogP contribution in [0.25, 0.3) is 0 Å². The van der Waals surface area contributed by atoms with E-state index >= 15 is 0 Å². The number of carbonyl (C=O) groups excluding carboxylic acids is 1. The highest BCUT2D eigenvalue weighted by molar-refractivity contribution is 6.31. The lowest BCUT2D eigenvalue weighted by atomic mass is 10.2. The number of nitrogens with one attached hydrogen (secondary N) is 1. The Hall–Kier alpha value is -2.88. The van der Waals surface area contributed by atoms with Gasteiger partial charge in [-0.15, -0.1) is 0 Å². The summed E-state index contributed by atoms with van der Waals surface area (Å²) in [6, 6.07) is 6.18. The number of amides is 1. The molecule has 0 aliphatic carbocycles. The van der Waals surface area contributed by atoms with Gasteiger partial charge in [-0.25, -0.2) is 4.39 Å². The standard InChI is InChI=1S/C17H14ClF4N5O/c1-9-5-15(25-27(9)8-10-3-4-11(19)6-12(10)18)23-16(28)13-7-14(17(20,21)22)24-26(13)2/h3-7H,8H2,1-2H3,(H,23,25,28). The summed E-state index contributed by atoms with van der Waals surface area (Å²) in [7, 11) is 1.24. The molecule has 2 aromatic heterocycles. The molecule has 3 rings (SSSR count). The van der Waals surface area contributed by atoms with Crippen LogP contribution in [-0.4, -0.2) is 25.5 Å². The van der Waals surface area contributed by atoms with Crippen LogP contribution in [0.4, 0.5) is 23.4 Å². The minimum atomic E-state index is -4.65. The minimum Gasteiger partial charge on any atom is -0.304 e. The molecule has 0 unspecified atom stereocenters. The molecule has 0 aliphatic heterocycles. The summed E-state index contributed by atoms with van der Waals surface area (Å²) in [5.41, 5.74) is -0.140. The third-order valence-corrected chi connectivity index (χ3v) is 4.31. The highest BCUT2D eigenvalue weighted by atomic mass is 35.5. The number of nitrogens with zero attached hydrogens (tertiary/aromatic N) is 4. The third kappa shape index (κ3) is 4.16. The fourth-order valence-corrected chi connectivity index (χ4v) is 2.77. The predicted octanol–water partition coefficient (Wildman–Crippen LogP) is 4.04. The van der Waals surface area contributed by atoms with E-state index in [2.05, 4.69) is 15.5 Å². The first-order valence-electron chi connectivity index (χ1n) is 7.95. The number of halogens is 5. The molecule has 0 bridgehead atoms. The highest BCUT2D eigenvalue weighted by Crippen LogP contribution is 2.28. The molecule has 0 saturated carbocycles. The molecule has 0 atom stereocenters. The maximum absolute atomic E-state index is 13.2. The van der Waals surface area contributed by atoms with Crippen LogP contribution in [0.2, 0.25) is 5.02 Å². The lowest BCUT2D eigenvalue weighted by Crippen LogP contribution is -2.16. The van der Waals surface area contributed by atoms with Gasteiger partial charge in [0, 0.05) is 29.9 Å². The molecule has 0 fully saturated rings. The summed E-state index contributed by atoms with van der Waals surface area (Å²) in [4.78, 5) is 12.3. The monoisotopic (exact) mass is 415 g/mol. The molecule has 3 aromatic rings. The number of carbonyl (C=O) groups is 1. The van der Waals surface area contributed by atoms with Crippen molar-refractivity contribution in [3.63, 3.8) is 0 Å². The maximum Gasteiger partial charge on any atom is 0.435 e. The van der Waals surface area contributed by atoms with E-state index in [0.29, 0.717) is 17.3 Å². The van der Waals surface area contributed by atoms with Crippen molar-refractivity contribution in [2.45, 2.75) is 19.6 Å². The summed E-state index contributed by atoms with van der Waals surface area (Å²) < 4.78 is 53.7. The Morgan fingerprint density at radius 2 is 1.93 bits per heavy atom. The number of hydrogen-bond acceptors (Lipinski definition) is 3. The number of aryl methyl sites for hydroxylation is 2. The molecule has 0 spiro atoms. The van der Waals surface area contributed by atoms with Gasteiger partial charge in [0.05, 0.1) is 6.54 Å². The SMILES string of the molecule is Cc1cc(NC(=O)c2cc(C(F)(F)F)nn2C)nn1Cc1ccc(F)cc1Cl. The summed E-state index contributed by atoms with van der Waals surface area (Å²) in [6.07, 6.45) is -4.65. The number of rotatable bonds is 4. The maximum atomic E-state index is 13.2. The fourth-order valence-electron chi connectivity index (χ4n) is 2.54. The molecule has 11 heteroatoms. The van der Waals surface area contributed by atoms with Gasteiger partial charge >= 0.3 is 6.18 Å². The lowest BCUT2D eigenvalue weighted by molar-refractivity contribution is -0.141. The van der Waals surface area contributed by atoms with E-state index in [1.54, 1.807) is 13.0 Å². The van der Waals surface area contributed by atoms with Crippen LogP contribution in [0.1, 0.15) is 27.4 Å². The van der Waals surface area contributed by atoms with Crippen molar-refractivity contribution in [2.75, 3.05) is 5.32 Å². The first-order valence-corrected chi connectivity index (χ1v) is 8.33. The highest BCUT2D eigenvalue weighted by Gasteiger charge is 2.35. The molecule has 0 aliphatic rings. The molecule has 1 amide bonds. The minimum absolute atomic E-state index is 0.149. The van der Waals surface area contributed by atoms with E-state index in [-0.39, 0.29) is 23.1 Å². The van der Waals surface area contributed by atoms with Crippen molar-refractivity contribution in [3.8, 4) is 0 Å². The molecule has 1 N–H and O–H groups in total. The van der Waals surface area contributed by atoms with Crippen molar-refractivity contribution in [3.05, 3.63) is 63.8 Å². The van der Waals surface area contributed by atoms with Crippen LogP contribution in [-0.2, 0) is 19.8 Å². The molecule has 1 aromatic carbocycles. The van der Waals surface area contributed by atoms with Crippen LogP contribution >= 0.6 is 11.6 Å². The normalized spacial score (nSPS) is 11.7. The Kier molecular flexibility index (Phi) is 5.16. The number of aromatic nitrogens is 4. The van der Waals surface area contributed by atoms with Gasteiger partial charge < -0.3 is 5.32 Å². The largest absolute Gasteiger partial charge is 0.435 e. The molecule has 6 nitrogen and oxygen atoms in total. The second kappa shape index (κ2) is 7.27. The Labute approximate surface area is 161 Å². The van der Waals surface area contributed by atoms with Crippen LogP contribution < -0.4 is 5.32 Å². The van der Waals surface area contributed by atoms with Crippen molar-refractivity contribution >= 4 is 23.3 Å².